The normalized spacial score (nSPS) is 10.2. The minimum atomic E-state index is -0.487. The Morgan fingerprint density at radius 2 is 1.85 bits per heavy atom. The lowest BCUT2D eigenvalue weighted by atomic mass is 10.1. The molecule has 0 spiro atoms. The Morgan fingerprint density at radius 3 is 2.50 bits per heavy atom. The van der Waals surface area contributed by atoms with E-state index in [9.17, 15) is 9.59 Å². The number of esters is 1. The molecule has 0 heterocycles. The van der Waals surface area contributed by atoms with Crippen molar-refractivity contribution in [1.82, 2.24) is 0 Å². The molecule has 102 valence electrons. The van der Waals surface area contributed by atoms with Crippen LogP contribution in [0.4, 0.5) is 0 Å². The van der Waals surface area contributed by atoms with Crippen LogP contribution in [0.15, 0.2) is 46.9 Å². The number of carbonyl (C=O) groups is 2. The second-order valence-electron chi connectivity index (χ2n) is 4.46. The Morgan fingerprint density at radius 1 is 1.10 bits per heavy atom. The number of benzene rings is 2. The van der Waals surface area contributed by atoms with E-state index < -0.39 is 5.97 Å². The predicted octanol–water partition coefficient (Wildman–Crippen LogP) is 4.18. The summed E-state index contributed by atoms with van der Waals surface area (Å²) in [5, 5.41) is 0. The number of aryl methyl sites for hydroxylation is 1. The highest BCUT2D eigenvalue weighted by molar-refractivity contribution is 9.10. The Hall–Kier alpha value is -1.94. The summed E-state index contributed by atoms with van der Waals surface area (Å²) in [6, 6.07) is 12.1. The molecule has 2 aromatic rings. The summed E-state index contributed by atoms with van der Waals surface area (Å²) in [7, 11) is 0. The number of carbonyl (C=O) groups excluding carboxylic acids is 2. The van der Waals surface area contributed by atoms with E-state index in [0.29, 0.717) is 16.9 Å². The van der Waals surface area contributed by atoms with Crippen molar-refractivity contribution < 1.29 is 14.3 Å². The van der Waals surface area contributed by atoms with Crippen LogP contribution in [0.5, 0.6) is 5.75 Å². The fourth-order valence-electron chi connectivity index (χ4n) is 1.78. The fourth-order valence-corrected chi connectivity index (χ4v) is 2.18. The minimum absolute atomic E-state index is 0.137. The topological polar surface area (TPSA) is 43.4 Å². The van der Waals surface area contributed by atoms with E-state index in [2.05, 4.69) is 15.9 Å². The van der Waals surface area contributed by atoms with Crippen molar-refractivity contribution in [2.45, 2.75) is 13.8 Å². The van der Waals surface area contributed by atoms with Gasteiger partial charge in [-0.1, -0.05) is 28.1 Å². The molecule has 0 bridgehead atoms. The van der Waals surface area contributed by atoms with E-state index in [4.69, 9.17) is 4.74 Å². The van der Waals surface area contributed by atoms with Crippen LogP contribution in [0.25, 0.3) is 0 Å². The lowest BCUT2D eigenvalue weighted by Gasteiger charge is -2.09. The summed E-state index contributed by atoms with van der Waals surface area (Å²) in [6.07, 6.45) is 0. The third kappa shape index (κ3) is 3.33. The smallest absolute Gasteiger partial charge is 0.343 e. The van der Waals surface area contributed by atoms with Gasteiger partial charge in [-0.3, -0.25) is 4.79 Å². The lowest BCUT2D eigenvalue weighted by molar-refractivity contribution is 0.0732. The first-order valence-electron chi connectivity index (χ1n) is 6.06. The van der Waals surface area contributed by atoms with Gasteiger partial charge in [0.2, 0.25) is 0 Å². The zero-order valence-electron chi connectivity index (χ0n) is 11.1. The first-order valence-corrected chi connectivity index (χ1v) is 6.86. The number of ketones is 1. The van der Waals surface area contributed by atoms with Gasteiger partial charge in [0.05, 0.1) is 11.1 Å². The lowest BCUT2D eigenvalue weighted by Crippen LogP contribution is -2.11. The van der Waals surface area contributed by atoms with Crippen molar-refractivity contribution in [3.63, 3.8) is 0 Å². The van der Waals surface area contributed by atoms with E-state index >= 15 is 0 Å². The molecule has 0 atom stereocenters. The van der Waals surface area contributed by atoms with Crippen LogP contribution in [0, 0.1) is 6.92 Å². The Kier molecular flexibility index (Phi) is 4.35. The van der Waals surface area contributed by atoms with E-state index in [-0.39, 0.29) is 5.78 Å². The summed E-state index contributed by atoms with van der Waals surface area (Å²) in [5.41, 5.74) is 1.75. The van der Waals surface area contributed by atoms with E-state index in [1.54, 1.807) is 30.3 Å². The molecule has 0 aromatic heterocycles. The Labute approximate surface area is 125 Å². The highest BCUT2D eigenvalue weighted by Gasteiger charge is 2.14. The molecule has 0 aliphatic carbocycles. The molecule has 0 unspecified atom stereocenters. The van der Waals surface area contributed by atoms with Gasteiger partial charge >= 0.3 is 5.97 Å². The van der Waals surface area contributed by atoms with Crippen molar-refractivity contribution in [3.8, 4) is 5.75 Å². The average molecular weight is 333 g/mol. The average Bonchev–Trinajstić information content (AvgIpc) is 2.38. The van der Waals surface area contributed by atoms with E-state index in [1.807, 2.05) is 19.1 Å². The van der Waals surface area contributed by atoms with Crippen molar-refractivity contribution in [3.05, 3.63) is 63.6 Å². The molecular formula is C16H13BrO3. The van der Waals surface area contributed by atoms with Crippen molar-refractivity contribution in [2.24, 2.45) is 0 Å². The maximum Gasteiger partial charge on any atom is 0.343 e. The molecule has 4 heteroatoms. The van der Waals surface area contributed by atoms with Gasteiger partial charge in [0.15, 0.2) is 5.78 Å². The SMILES string of the molecule is CC(=O)c1ccc(C)cc1OC(=O)c1cccc(Br)c1. The van der Waals surface area contributed by atoms with Crippen molar-refractivity contribution in [2.75, 3.05) is 0 Å². The number of halogens is 1. The Balaban J connectivity index is 2.32. The Bertz CT molecular complexity index is 677. The third-order valence-electron chi connectivity index (χ3n) is 2.78. The monoisotopic (exact) mass is 332 g/mol. The molecule has 0 fully saturated rings. The molecule has 0 saturated carbocycles. The zero-order valence-corrected chi connectivity index (χ0v) is 12.7. The molecule has 0 aliphatic rings. The van der Waals surface area contributed by atoms with E-state index in [0.717, 1.165) is 10.0 Å². The third-order valence-corrected chi connectivity index (χ3v) is 3.27. The highest BCUT2D eigenvalue weighted by Crippen LogP contribution is 2.22. The molecule has 0 N–H and O–H groups in total. The quantitative estimate of drug-likeness (QED) is 0.481. The number of rotatable bonds is 3. The van der Waals surface area contributed by atoms with Gasteiger partial charge in [0, 0.05) is 4.47 Å². The van der Waals surface area contributed by atoms with E-state index in [1.165, 1.54) is 6.92 Å². The van der Waals surface area contributed by atoms with Crippen LogP contribution in [0.1, 0.15) is 33.2 Å². The van der Waals surface area contributed by atoms with Gasteiger partial charge in [-0.25, -0.2) is 4.79 Å². The van der Waals surface area contributed by atoms with Crippen LogP contribution in [0.3, 0.4) is 0 Å². The largest absolute Gasteiger partial charge is 0.422 e. The number of ether oxygens (including phenoxy) is 1. The highest BCUT2D eigenvalue weighted by atomic mass is 79.9. The maximum absolute atomic E-state index is 12.1. The molecule has 3 nitrogen and oxygen atoms in total. The first kappa shape index (κ1) is 14.5. The molecule has 0 radical (unpaired) electrons. The standard InChI is InChI=1S/C16H13BrO3/c1-10-6-7-14(11(2)18)15(8-10)20-16(19)12-4-3-5-13(17)9-12/h3-9H,1-2H3. The number of hydrogen-bond donors (Lipinski definition) is 0. The van der Waals surface area contributed by atoms with Crippen molar-refractivity contribution in [1.29, 1.82) is 0 Å². The van der Waals surface area contributed by atoms with Crippen LogP contribution < -0.4 is 4.74 Å². The molecule has 2 rings (SSSR count). The summed E-state index contributed by atoms with van der Waals surface area (Å²) < 4.78 is 6.14. The molecular weight excluding hydrogens is 320 g/mol. The van der Waals surface area contributed by atoms with Crippen LogP contribution in [0.2, 0.25) is 0 Å². The van der Waals surface area contributed by atoms with Crippen molar-refractivity contribution >= 4 is 27.7 Å². The second kappa shape index (κ2) is 6.01. The van der Waals surface area contributed by atoms with Gasteiger partial charge in [0.25, 0.3) is 0 Å². The van der Waals surface area contributed by atoms with Gasteiger partial charge < -0.3 is 4.74 Å². The van der Waals surface area contributed by atoms with Gasteiger partial charge in [-0.05, 0) is 49.7 Å². The summed E-state index contributed by atoms with van der Waals surface area (Å²) in [5.74, 6) is -0.330. The minimum Gasteiger partial charge on any atom is -0.422 e. The summed E-state index contributed by atoms with van der Waals surface area (Å²) in [4.78, 5) is 23.6. The second-order valence-corrected chi connectivity index (χ2v) is 5.37. The zero-order chi connectivity index (χ0) is 14.7. The first-order chi connectivity index (χ1) is 9.47. The number of hydrogen-bond acceptors (Lipinski definition) is 3. The van der Waals surface area contributed by atoms with Crippen LogP contribution in [-0.2, 0) is 0 Å². The number of Topliss-reactive ketones (excluding diaryl/α,β-unsaturated/α-hetero) is 1. The van der Waals surface area contributed by atoms with Gasteiger partial charge in [-0.2, -0.15) is 0 Å². The van der Waals surface area contributed by atoms with Gasteiger partial charge in [0.1, 0.15) is 5.75 Å². The molecule has 0 saturated heterocycles. The molecule has 2 aromatic carbocycles. The van der Waals surface area contributed by atoms with Gasteiger partial charge in [-0.15, -0.1) is 0 Å². The summed E-state index contributed by atoms with van der Waals surface area (Å²) >= 11 is 3.30. The molecule has 0 amide bonds. The summed E-state index contributed by atoms with van der Waals surface area (Å²) in [6.45, 7) is 3.32. The fraction of sp³-hybridized carbons (Fsp3) is 0.125. The molecule has 20 heavy (non-hydrogen) atoms. The van der Waals surface area contributed by atoms with Crippen LogP contribution in [-0.4, -0.2) is 11.8 Å². The predicted molar refractivity (Wildman–Crippen MR) is 80.3 cm³/mol. The molecule has 0 aliphatic heterocycles. The van der Waals surface area contributed by atoms with Crippen LogP contribution >= 0.6 is 15.9 Å². The maximum atomic E-state index is 12.1.